The lowest BCUT2D eigenvalue weighted by atomic mass is 9.82. The van der Waals surface area contributed by atoms with Gasteiger partial charge in [-0.3, -0.25) is 0 Å². The van der Waals surface area contributed by atoms with Crippen molar-refractivity contribution in [3.8, 4) is 5.75 Å². The standard InChI is InChI=1S/C37H44N2O6S/c1-46(40,41)39-32-19-20-37(22-32,36-38-23-35(45-36)26-42-24-28-9-4-2-5-10-28)27-44-33-17-15-30(16-18-33)31-13-8-14-34(21-31)43-25-29-11-6-3-7-12-29/h2-14,21,23,30,32-33,39H,15-20,22,24-27H2,1H3/t30?,32-,33?,37-/m0/s1. The van der Waals surface area contributed by atoms with Crippen LogP contribution in [0, 0.1) is 0 Å². The molecular weight excluding hydrogens is 600 g/mol. The van der Waals surface area contributed by atoms with Crippen molar-refractivity contribution in [2.45, 2.75) is 88.2 Å². The van der Waals surface area contributed by atoms with Crippen LogP contribution in [0.5, 0.6) is 5.75 Å². The number of hydrogen-bond acceptors (Lipinski definition) is 7. The lowest BCUT2D eigenvalue weighted by Crippen LogP contribution is -2.37. The van der Waals surface area contributed by atoms with Gasteiger partial charge in [0.15, 0.2) is 0 Å². The number of sulfonamides is 1. The fourth-order valence-corrected chi connectivity index (χ4v) is 7.63. The van der Waals surface area contributed by atoms with E-state index in [1.54, 1.807) is 6.20 Å². The van der Waals surface area contributed by atoms with Crippen molar-refractivity contribution in [2.75, 3.05) is 12.9 Å². The molecule has 0 radical (unpaired) electrons. The van der Waals surface area contributed by atoms with E-state index in [-0.39, 0.29) is 12.1 Å². The van der Waals surface area contributed by atoms with E-state index in [0.717, 1.165) is 49.0 Å². The van der Waals surface area contributed by atoms with Crippen LogP contribution in [0.1, 0.15) is 79.2 Å². The maximum atomic E-state index is 12.0. The van der Waals surface area contributed by atoms with Crippen LogP contribution >= 0.6 is 0 Å². The highest BCUT2D eigenvalue weighted by atomic mass is 32.2. The largest absolute Gasteiger partial charge is 0.489 e. The summed E-state index contributed by atoms with van der Waals surface area (Å²) in [6.07, 6.45) is 9.09. The third kappa shape index (κ3) is 8.85. The topological polar surface area (TPSA) is 99.9 Å². The second kappa shape index (κ2) is 14.9. The number of rotatable bonds is 14. The van der Waals surface area contributed by atoms with Crippen LogP contribution in [-0.2, 0) is 44.7 Å². The highest BCUT2D eigenvalue weighted by Crippen LogP contribution is 2.43. The van der Waals surface area contributed by atoms with Gasteiger partial charge in [-0.05, 0) is 79.7 Å². The third-order valence-electron chi connectivity index (χ3n) is 9.20. The van der Waals surface area contributed by atoms with Gasteiger partial charge in [0.05, 0.1) is 37.2 Å². The van der Waals surface area contributed by atoms with Crippen molar-refractivity contribution >= 4 is 10.0 Å². The van der Waals surface area contributed by atoms with Gasteiger partial charge in [0.2, 0.25) is 15.9 Å². The summed E-state index contributed by atoms with van der Waals surface area (Å²) in [5.74, 6) is 2.62. The molecule has 2 saturated carbocycles. The van der Waals surface area contributed by atoms with Crippen molar-refractivity contribution in [3.63, 3.8) is 0 Å². The van der Waals surface area contributed by atoms with Crippen LogP contribution in [0.2, 0.25) is 0 Å². The maximum Gasteiger partial charge on any atom is 0.208 e. The molecule has 2 atom stereocenters. The van der Waals surface area contributed by atoms with E-state index < -0.39 is 15.4 Å². The molecule has 46 heavy (non-hydrogen) atoms. The smallest absolute Gasteiger partial charge is 0.208 e. The molecule has 2 fully saturated rings. The van der Waals surface area contributed by atoms with Crippen molar-refractivity contribution in [1.29, 1.82) is 0 Å². The molecule has 6 rings (SSSR count). The number of oxazole rings is 1. The van der Waals surface area contributed by atoms with Gasteiger partial charge >= 0.3 is 0 Å². The summed E-state index contributed by atoms with van der Waals surface area (Å²) in [7, 11) is -3.33. The first-order valence-corrected chi connectivity index (χ1v) is 18.2. The molecule has 3 aromatic carbocycles. The van der Waals surface area contributed by atoms with Crippen LogP contribution in [-0.4, -0.2) is 38.4 Å². The Kier molecular flexibility index (Phi) is 10.5. The summed E-state index contributed by atoms with van der Waals surface area (Å²) in [4.78, 5) is 4.67. The Morgan fingerprint density at radius 3 is 2.30 bits per heavy atom. The van der Waals surface area contributed by atoms with Crippen LogP contribution in [0.4, 0.5) is 0 Å². The Bertz CT molecular complexity index is 1640. The Morgan fingerprint density at radius 2 is 1.59 bits per heavy atom. The molecule has 0 amide bonds. The van der Waals surface area contributed by atoms with Gasteiger partial charge in [-0.15, -0.1) is 0 Å². The SMILES string of the molecule is CS(=O)(=O)N[C@H]1CC[C@](COC2CCC(c3cccc(OCc4ccccc4)c3)CC2)(c2ncc(COCc3ccccc3)o2)C1. The predicted molar refractivity (Wildman–Crippen MR) is 177 cm³/mol. The molecule has 0 bridgehead atoms. The normalized spacial score (nSPS) is 23.4. The Hall–Kier alpha value is -3.50. The van der Waals surface area contributed by atoms with Crippen molar-refractivity contribution in [2.24, 2.45) is 0 Å². The van der Waals surface area contributed by atoms with Gasteiger partial charge in [0.25, 0.3) is 0 Å². The second-order valence-electron chi connectivity index (χ2n) is 12.9. The molecule has 1 N–H and O–H groups in total. The maximum absolute atomic E-state index is 12.0. The zero-order valence-electron chi connectivity index (χ0n) is 26.5. The average Bonchev–Trinajstić information content (AvgIpc) is 3.71. The van der Waals surface area contributed by atoms with Gasteiger partial charge in [-0.1, -0.05) is 72.8 Å². The minimum Gasteiger partial charge on any atom is -0.489 e. The molecule has 2 aliphatic carbocycles. The number of nitrogens with zero attached hydrogens (tertiary/aromatic N) is 1. The summed E-state index contributed by atoms with van der Waals surface area (Å²) >= 11 is 0. The number of nitrogens with one attached hydrogen (secondary N) is 1. The molecular formula is C37H44N2O6S. The van der Waals surface area contributed by atoms with Crippen LogP contribution in [0.25, 0.3) is 0 Å². The molecule has 9 heteroatoms. The van der Waals surface area contributed by atoms with E-state index in [0.29, 0.717) is 56.8 Å². The minimum atomic E-state index is -3.33. The van der Waals surface area contributed by atoms with Crippen molar-refractivity contribution in [1.82, 2.24) is 9.71 Å². The number of hydrogen-bond donors (Lipinski definition) is 1. The van der Waals surface area contributed by atoms with E-state index in [9.17, 15) is 8.42 Å². The number of ether oxygens (including phenoxy) is 3. The molecule has 4 aromatic rings. The van der Waals surface area contributed by atoms with E-state index in [1.165, 1.54) is 11.8 Å². The van der Waals surface area contributed by atoms with E-state index >= 15 is 0 Å². The first kappa shape index (κ1) is 32.4. The molecule has 1 heterocycles. The molecule has 244 valence electrons. The van der Waals surface area contributed by atoms with Crippen LogP contribution in [0.3, 0.4) is 0 Å². The Labute approximate surface area is 272 Å². The summed E-state index contributed by atoms with van der Waals surface area (Å²) in [5, 5.41) is 0. The summed E-state index contributed by atoms with van der Waals surface area (Å²) in [5.41, 5.74) is 3.06. The number of aromatic nitrogens is 1. The van der Waals surface area contributed by atoms with Gasteiger partial charge < -0.3 is 18.6 Å². The lowest BCUT2D eigenvalue weighted by Gasteiger charge is -2.33. The fraction of sp³-hybridized carbons (Fsp3) is 0.432. The predicted octanol–water partition coefficient (Wildman–Crippen LogP) is 7.05. The molecule has 1 aromatic heterocycles. The molecule has 0 aliphatic heterocycles. The van der Waals surface area contributed by atoms with E-state index in [2.05, 4.69) is 40.0 Å². The molecule has 0 saturated heterocycles. The zero-order valence-corrected chi connectivity index (χ0v) is 27.3. The Morgan fingerprint density at radius 1 is 0.870 bits per heavy atom. The fourth-order valence-electron chi connectivity index (χ4n) is 6.82. The molecule has 0 spiro atoms. The first-order chi connectivity index (χ1) is 22.3. The zero-order chi connectivity index (χ0) is 31.8. The highest BCUT2D eigenvalue weighted by molar-refractivity contribution is 7.88. The first-order valence-electron chi connectivity index (χ1n) is 16.3. The third-order valence-corrected chi connectivity index (χ3v) is 9.96. The van der Waals surface area contributed by atoms with Crippen molar-refractivity contribution < 1.29 is 27.0 Å². The molecule has 0 unspecified atom stereocenters. The van der Waals surface area contributed by atoms with Crippen LogP contribution in [0.15, 0.2) is 95.5 Å². The lowest BCUT2D eigenvalue weighted by molar-refractivity contribution is -0.0108. The van der Waals surface area contributed by atoms with E-state index in [4.69, 9.17) is 18.6 Å². The molecule has 8 nitrogen and oxygen atoms in total. The highest BCUT2D eigenvalue weighted by Gasteiger charge is 2.46. The van der Waals surface area contributed by atoms with Crippen molar-refractivity contribution in [3.05, 3.63) is 119 Å². The van der Waals surface area contributed by atoms with Gasteiger partial charge in [0.1, 0.15) is 24.7 Å². The monoisotopic (exact) mass is 644 g/mol. The Balaban J connectivity index is 1.05. The van der Waals surface area contributed by atoms with Gasteiger partial charge in [-0.25, -0.2) is 18.1 Å². The second-order valence-corrected chi connectivity index (χ2v) is 14.6. The quantitative estimate of drug-likeness (QED) is 0.157. The van der Waals surface area contributed by atoms with Crippen LogP contribution < -0.4 is 9.46 Å². The van der Waals surface area contributed by atoms with Gasteiger partial charge in [0, 0.05) is 6.04 Å². The molecule has 2 aliphatic rings. The summed E-state index contributed by atoms with van der Waals surface area (Å²) < 4.78 is 51.7. The average molecular weight is 645 g/mol. The summed E-state index contributed by atoms with van der Waals surface area (Å²) in [6, 6.07) is 28.5. The minimum absolute atomic E-state index is 0.135. The van der Waals surface area contributed by atoms with E-state index in [1.807, 2.05) is 54.6 Å². The van der Waals surface area contributed by atoms with Gasteiger partial charge in [-0.2, -0.15) is 0 Å². The summed E-state index contributed by atoms with van der Waals surface area (Å²) in [6.45, 7) is 1.79. The number of benzene rings is 3.